The molecule has 0 bridgehead atoms. The molecule has 0 aliphatic carbocycles. The first-order valence-electron chi connectivity index (χ1n) is 9.27. The molecule has 0 saturated heterocycles. The summed E-state index contributed by atoms with van der Waals surface area (Å²) in [5.41, 5.74) is -1.75. The molecule has 1 aromatic heterocycles. The molecule has 3 rings (SSSR count). The van der Waals surface area contributed by atoms with E-state index in [0.717, 1.165) is 24.3 Å². The van der Waals surface area contributed by atoms with Crippen LogP contribution < -0.4 is 20.1 Å². The summed E-state index contributed by atoms with van der Waals surface area (Å²) in [4.78, 5) is 17.3. The van der Waals surface area contributed by atoms with Gasteiger partial charge in [-0.3, -0.25) is 4.57 Å². The number of alkyl halides is 3. The normalized spacial score (nSPS) is 11.4. The van der Waals surface area contributed by atoms with Crippen molar-refractivity contribution in [3.63, 3.8) is 0 Å². The van der Waals surface area contributed by atoms with E-state index in [-0.39, 0.29) is 18.1 Å². The van der Waals surface area contributed by atoms with Crippen molar-refractivity contribution in [3.05, 3.63) is 74.7 Å². The van der Waals surface area contributed by atoms with E-state index in [9.17, 15) is 26.7 Å². The number of rotatable bonds is 6. The minimum atomic E-state index is -4.77. The maximum absolute atomic E-state index is 14.5. The van der Waals surface area contributed by atoms with Gasteiger partial charge in [0.2, 0.25) is 5.88 Å². The maximum Gasteiger partial charge on any atom is 0.417 e. The molecular weight excluding hydrogens is 473 g/mol. The van der Waals surface area contributed by atoms with Crippen LogP contribution in [0.2, 0.25) is 5.02 Å². The van der Waals surface area contributed by atoms with Gasteiger partial charge in [0.05, 0.1) is 10.6 Å². The fourth-order valence-corrected chi connectivity index (χ4v) is 3.09. The van der Waals surface area contributed by atoms with E-state index in [2.05, 4.69) is 4.98 Å². The molecule has 0 unspecified atom stereocenters. The van der Waals surface area contributed by atoms with Crippen LogP contribution in [0.3, 0.4) is 0 Å². The lowest BCUT2D eigenvalue weighted by Gasteiger charge is -2.17. The molecule has 1 heterocycles. The number of benzene rings is 2. The van der Waals surface area contributed by atoms with Gasteiger partial charge in [-0.2, -0.15) is 18.2 Å². The molecule has 0 aliphatic rings. The van der Waals surface area contributed by atoms with Crippen LogP contribution in [0.4, 0.5) is 27.8 Å². The molecule has 2 aromatic carbocycles. The predicted octanol–water partition coefficient (Wildman–Crippen LogP) is 5.17. The van der Waals surface area contributed by atoms with Gasteiger partial charge in [0.15, 0.2) is 17.4 Å². The van der Waals surface area contributed by atoms with Crippen LogP contribution in [0.5, 0.6) is 17.4 Å². The smallest absolute Gasteiger partial charge is 0.417 e. The monoisotopic (exact) mass is 489 g/mol. The summed E-state index contributed by atoms with van der Waals surface area (Å²) >= 11 is 5.53. The van der Waals surface area contributed by atoms with Gasteiger partial charge in [0.25, 0.3) is 0 Å². The minimum Gasteiger partial charge on any atom is -0.473 e. The van der Waals surface area contributed by atoms with Gasteiger partial charge in [-0.1, -0.05) is 11.6 Å². The molecule has 0 amide bonds. The maximum atomic E-state index is 14.5. The zero-order valence-corrected chi connectivity index (χ0v) is 18.3. The Morgan fingerprint density at radius 1 is 1.09 bits per heavy atom. The first-order valence-corrected chi connectivity index (χ1v) is 9.65. The Kier molecular flexibility index (Phi) is 6.82. The first-order chi connectivity index (χ1) is 15.4. The number of hydrogen-bond donors (Lipinski definition) is 0. The van der Waals surface area contributed by atoms with E-state index in [1.165, 1.54) is 17.7 Å². The zero-order chi connectivity index (χ0) is 24.5. The Hall–Kier alpha value is -3.34. The fourth-order valence-electron chi connectivity index (χ4n) is 2.86. The average Bonchev–Trinajstić information content (AvgIpc) is 2.71. The van der Waals surface area contributed by atoms with Crippen molar-refractivity contribution in [2.75, 3.05) is 19.0 Å². The van der Waals surface area contributed by atoms with E-state index in [0.29, 0.717) is 11.9 Å². The number of halogens is 6. The van der Waals surface area contributed by atoms with Crippen molar-refractivity contribution >= 4 is 17.4 Å². The topological polar surface area (TPSA) is 56.6 Å². The van der Waals surface area contributed by atoms with Crippen LogP contribution in [0.15, 0.2) is 41.2 Å². The molecule has 176 valence electrons. The number of ether oxygens (including phenoxy) is 2. The third-order valence-corrected chi connectivity index (χ3v) is 4.78. The number of nitrogens with zero attached hydrogens (tertiary/aromatic N) is 3. The lowest BCUT2D eigenvalue weighted by atomic mass is 10.2. The van der Waals surface area contributed by atoms with Gasteiger partial charge >= 0.3 is 11.9 Å². The molecule has 0 radical (unpaired) electrons. The Bertz CT molecular complexity index is 1220. The molecule has 6 nitrogen and oxygen atoms in total. The van der Waals surface area contributed by atoms with Crippen molar-refractivity contribution in [2.45, 2.75) is 12.8 Å². The molecule has 0 aliphatic heterocycles. The first kappa shape index (κ1) is 24.3. The fraction of sp³-hybridized carbons (Fsp3) is 0.238. The second kappa shape index (κ2) is 9.26. The van der Waals surface area contributed by atoms with Crippen LogP contribution in [-0.2, 0) is 19.8 Å². The van der Waals surface area contributed by atoms with E-state index in [1.54, 1.807) is 19.0 Å². The Balaban J connectivity index is 1.81. The molecule has 3 aromatic rings. The van der Waals surface area contributed by atoms with E-state index >= 15 is 0 Å². The molecule has 33 heavy (non-hydrogen) atoms. The van der Waals surface area contributed by atoms with Crippen LogP contribution >= 0.6 is 11.6 Å². The summed E-state index contributed by atoms with van der Waals surface area (Å²) in [6.07, 6.45) is -4.77. The molecule has 0 fully saturated rings. The lowest BCUT2D eigenvalue weighted by Crippen LogP contribution is -2.26. The van der Waals surface area contributed by atoms with Crippen molar-refractivity contribution in [2.24, 2.45) is 7.05 Å². The van der Waals surface area contributed by atoms with E-state index in [4.69, 9.17) is 21.1 Å². The minimum absolute atomic E-state index is 0.0401. The van der Waals surface area contributed by atoms with Gasteiger partial charge in [-0.15, -0.1) is 0 Å². The second-order valence-corrected chi connectivity index (χ2v) is 7.51. The van der Waals surface area contributed by atoms with Gasteiger partial charge in [0.1, 0.15) is 18.2 Å². The molecule has 0 atom stereocenters. The van der Waals surface area contributed by atoms with Crippen LogP contribution in [0, 0.1) is 11.6 Å². The predicted molar refractivity (Wildman–Crippen MR) is 111 cm³/mol. The lowest BCUT2D eigenvalue weighted by molar-refractivity contribution is -0.137. The molecule has 12 heteroatoms. The summed E-state index contributed by atoms with van der Waals surface area (Å²) < 4.78 is 79.6. The van der Waals surface area contributed by atoms with Crippen molar-refractivity contribution in [1.29, 1.82) is 0 Å². The van der Waals surface area contributed by atoms with Crippen molar-refractivity contribution in [1.82, 2.24) is 9.55 Å². The number of hydrogen-bond acceptors (Lipinski definition) is 5. The van der Waals surface area contributed by atoms with Gasteiger partial charge in [-0.05, 0) is 35.9 Å². The van der Waals surface area contributed by atoms with Crippen LogP contribution in [0.1, 0.15) is 11.1 Å². The number of aromatic nitrogens is 2. The number of anilines is 1. The highest BCUT2D eigenvalue weighted by atomic mass is 35.5. The second-order valence-electron chi connectivity index (χ2n) is 7.11. The SMILES string of the molecule is CN(C)c1cc(OCc2cc(F)c(Oc3ccc(Cl)c(C(F)(F)F)c3)c(F)c2)nc(=O)n1C. The quantitative estimate of drug-likeness (QED) is 0.447. The molecular formula is C21H17ClF5N3O3. The van der Waals surface area contributed by atoms with Crippen LogP contribution in [-0.4, -0.2) is 23.6 Å². The highest BCUT2D eigenvalue weighted by Gasteiger charge is 2.33. The van der Waals surface area contributed by atoms with Crippen LogP contribution in [0.25, 0.3) is 0 Å². The summed E-state index contributed by atoms with van der Waals surface area (Å²) in [7, 11) is 4.94. The third kappa shape index (κ3) is 5.54. The zero-order valence-electron chi connectivity index (χ0n) is 17.5. The van der Waals surface area contributed by atoms with E-state index in [1.807, 2.05) is 0 Å². The summed E-state index contributed by atoms with van der Waals surface area (Å²) in [5.74, 6) is -3.23. The highest BCUT2D eigenvalue weighted by Crippen LogP contribution is 2.38. The van der Waals surface area contributed by atoms with Crippen molar-refractivity contribution < 1.29 is 31.4 Å². The Morgan fingerprint density at radius 3 is 2.30 bits per heavy atom. The largest absolute Gasteiger partial charge is 0.473 e. The summed E-state index contributed by atoms with van der Waals surface area (Å²) in [5, 5.41) is -0.579. The Morgan fingerprint density at radius 2 is 1.73 bits per heavy atom. The molecule has 0 spiro atoms. The highest BCUT2D eigenvalue weighted by molar-refractivity contribution is 6.31. The van der Waals surface area contributed by atoms with Crippen molar-refractivity contribution in [3.8, 4) is 17.4 Å². The molecule has 0 N–H and O–H groups in total. The molecule has 0 saturated carbocycles. The average molecular weight is 490 g/mol. The third-order valence-electron chi connectivity index (χ3n) is 4.46. The summed E-state index contributed by atoms with van der Waals surface area (Å²) in [6.45, 7) is -0.333. The standard InChI is InChI=1S/C21H17ClF5N3O3/c1-29(2)18-9-17(28-20(31)30(18)3)32-10-11-6-15(23)19(16(24)7-11)33-12-4-5-14(22)13(8-12)21(25,26)27/h4-9H,10H2,1-3H3. The van der Waals surface area contributed by atoms with E-state index < -0.39 is 45.6 Å². The Labute approximate surface area is 189 Å². The summed E-state index contributed by atoms with van der Waals surface area (Å²) in [6, 6.07) is 5.78. The van der Waals surface area contributed by atoms with Gasteiger partial charge in [-0.25, -0.2) is 13.6 Å². The van der Waals surface area contributed by atoms with Gasteiger partial charge < -0.3 is 14.4 Å². The van der Waals surface area contributed by atoms with Gasteiger partial charge in [0, 0.05) is 27.2 Å².